The van der Waals surface area contributed by atoms with Crippen molar-refractivity contribution in [2.24, 2.45) is 0 Å². The maximum atomic E-state index is 11.5. The van der Waals surface area contributed by atoms with Crippen molar-refractivity contribution in [3.8, 4) is 11.5 Å². The van der Waals surface area contributed by atoms with Gasteiger partial charge in [-0.15, -0.1) is 0 Å². The minimum absolute atomic E-state index is 0.0384. The van der Waals surface area contributed by atoms with Crippen LogP contribution >= 0.6 is 0 Å². The molecule has 0 aliphatic carbocycles. The van der Waals surface area contributed by atoms with Gasteiger partial charge in [-0.3, -0.25) is 4.72 Å². The van der Waals surface area contributed by atoms with Crippen molar-refractivity contribution in [3.63, 3.8) is 0 Å². The first kappa shape index (κ1) is 20.4. The third-order valence-electron chi connectivity index (χ3n) is 4.78. The van der Waals surface area contributed by atoms with Crippen LogP contribution in [-0.4, -0.2) is 43.1 Å². The second-order valence-corrected chi connectivity index (χ2v) is 9.35. The lowest BCUT2D eigenvalue weighted by Crippen LogP contribution is -2.52. The summed E-state index contributed by atoms with van der Waals surface area (Å²) in [6, 6.07) is 12.4. The predicted molar refractivity (Wildman–Crippen MR) is 108 cm³/mol. The van der Waals surface area contributed by atoms with E-state index >= 15 is 0 Å². The van der Waals surface area contributed by atoms with Crippen LogP contribution in [0.2, 0.25) is 0 Å². The van der Waals surface area contributed by atoms with Crippen molar-refractivity contribution in [3.05, 3.63) is 53.6 Å². The number of nitrogens with one attached hydrogen (secondary N) is 2. The van der Waals surface area contributed by atoms with Crippen LogP contribution < -0.4 is 14.8 Å². The Morgan fingerprint density at radius 2 is 1.86 bits per heavy atom. The molecule has 28 heavy (non-hydrogen) atoms. The summed E-state index contributed by atoms with van der Waals surface area (Å²) in [6.07, 6.45) is 0.929. The lowest BCUT2D eigenvalue weighted by molar-refractivity contribution is -0.0644. The first-order valence-corrected chi connectivity index (χ1v) is 10.9. The van der Waals surface area contributed by atoms with E-state index in [2.05, 4.69) is 10.0 Å². The molecule has 1 aliphatic rings. The minimum atomic E-state index is -3.55. The Labute approximate surface area is 165 Å². The molecule has 2 aromatic rings. The zero-order chi connectivity index (χ0) is 20.5. The molecule has 0 aromatic heterocycles. The van der Waals surface area contributed by atoms with Gasteiger partial charge >= 0.3 is 0 Å². The van der Waals surface area contributed by atoms with Gasteiger partial charge in [0.1, 0.15) is 23.2 Å². The molecular formula is C20H26N2O5S. The molecule has 2 atom stereocenters. The second-order valence-electron chi connectivity index (χ2n) is 7.60. The molecular weight excluding hydrogens is 380 g/mol. The SMILES string of the molecule is CC1(C)Oc2cc(NS(C)(=O)=O)c(O)cc2C(NCCc2ccccc2)C1O. The number of sulfonamides is 1. The summed E-state index contributed by atoms with van der Waals surface area (Å²) in [5.74, 6) is 0.186. The van der Waals surface area contributed by atoms with Gasteiger partial charge in [0.05, 0.1) is 18.0 Å². The fourth-order valence-electron chi connectivity index (χ4n) is 3.35. The van der Waals surface area contributed by atoms with Crippen molar-refractivity contribution < 1.29 is 23.4 Å². The van der Waals surface area contributed by atoms with Gasteiger partial charge in [-0.1, -0.05) is 30.3 Å². The highest BCUT2D eigenvalue weighted by atomic mass is 32.2. The van der Waals surface area contributed by atoms with Crippen LogP contribution in [0, 0.1) is 0 Å². The van der Waals surface area contributed by atoms with Crippen LogP contribution in [0.25, 0.3) is 0 Å². The summed E-state index contributed by atoms with van der Waals surface area (Å²) >= 11 is 0. The van der Waals surface area contributed by atoms with Gasteiger partial charge in [-0.2, -0.15) is 0 Å². The highest BCUT2D eigenvalue weighted by Crippen LogP contribution is 2.44. The summed E-state index contributed by atoms with van der Waals surface area (Å²) in [5, 5.41) is 24.4. The molecule has 2 unspecified atom stereocenters. The Morgan fingerprint density at radius 3 is 2.50 bits per heavy atom. The van der Waals surface area contributed by atoms with Gasteiger partial charge in [0.15, 0.2) is 0 Å². The molecule has 7 nitrogen and oxygen atoms in total. The summed E-state index contributed by atoms with van der Waals surface area (Å²) in [5.41, 5.74) is 0.899. The second kappa shape index (κ2) is 7.62. The number of hydrogen-bond donors (Lipinski definition) is 4. The molecule has 0 saturated carbocycles. The molecule has 4 N–H and O–H groups in total. The lowest BCUT2D eigenvalue weighted by Gasteiger charge is -2.42. The van der Waals surface area contributed by atoms with E-state index in [-0.39, 0.29) is 11.4 Å². The number of aliphatic hydroxyl groups excluding tert-OH is 1. The largest absolute Gasteiger partial charge is 0.506 e. The van der Waals surface area contributed by atoms with Crippen molar-refractivity contribution in [2.45, 2.75) is 38.0 Å². The monoisotopic (exact) mass is 406 g/mol. The molecule has 0 bridgehead atoms. The smallest absolute Gasteiger partial charge is 0.229 e. The zero-order valence-electron chi connectivity index (χ0n) is 16.1. The van der Waals surface area contributed by atoms with Gasteiger partial charge in [-0.05, 0) is 38.4 Å². The summed E-state index contributed by atoms with van der Waals surface area (Å²) in [4.78, 5) is 0. The van der Waals surface area contributed by atoms with Crippen molar-refractivity contribution in [2.75, 3.05) is 17.5 Å². The molecule has 1 heterocycles. The number of phenols is 1. The summed E-state index contributed by atoms with van der Waals surface area (Å²) < 4.78 is 31.2. The molecule has 152 valence electrons. The maximum Gasteiger partial charge on any atom is 0.229 e. The Bertz CT molecular complexity index is 945. The zero-order valence-corrected chi connectivity index (χ0v) is 17.0. The molecule has 0 radical (unpaired) electrons. The highest BCUT2D eigenvalue weighted by Gasteiger charge is 2.43. The Balaban J connectivity index is 1.87. The Morgan fingerprint density at radius 1 is 1.18 bits per heavy atom. The van der Waals surface area contributed by atoms with Crippen LogP contribution in [0.4, 0.5) is 5.69 Å². The quantitative estimate of drug-likeness (QED) is 0.548. The number of benzene rings is 2. The third kappa shape index (κ3) is 4.57. The minimum Gasteiger partial charge on any atom is -0.506 e. The number of fused-ring (bicyclic) bond motifs is 1. The molecule has 0 spiro atoms. The molecule has 0 amide bonds. The third-order valence-corrected chi connectivity index (χ3v) is 5.37. The van der Waals surface area contributed by atoms with Crippen LogP contribution in [-0.2, 0) is 16.4 Å². The number of anilines is 1. The molecule has 8 heteroatoms. The van der Waals surface area contributed by atoms with Gasteiger partial charge in [0.2, 0.25) is 10.0 Å². The van der Waals surface area contributed by atoms with Gasteiger partial charge < -0.3 is 20.3 Å². The number of hydrogen-bond acceptors (Lipinski definition) is 6. The number of phenolic OH excluding ortho intramolecular Hbond substituents is 1. The van der Waals surface area contributed by atoms with E-state index in [9.17, 15) is 18.6 Å². The van der Waals surface area contributed by atoms with Crippen molar-refractivity contribution in [1.82, 2.24) is 5.32 Å². The summed E-state index contributed by atoms with van der Waals surface area (Å²) in [7, 11) is -3.55. The van der Waals surface area contributed by atoms with E-state index in [1.54, 1.807) is 13.8 Å². The topological polar surface area (TPSA) is 108 Å². The van der Waals surface area contributed by atoms with E-state index in [0.29, 0.717) is 17.9 Å². The number of ether oxygens (including phenoxy) is 1. The van der Waals surface area contributed by atoms with E-state index < -0.39 is 27.8 Å². The average Bonchev–Trinajstić information content (AvgIpc) is 2.59. The molecule has 1 aliphatic heterocycles. The molecule has 0 fully saturated rings. The lowest BCUT2D eigenvalue weighted by atomic mass is 9.86. The first-order chi connectivity index (χ1) is 13.1. The maximum absolute atomic E-state index is 11.5. The fraction of sp³-hybridized carbons (Fsp3) is 0.400. The van der Waals surface area contributed by atoms with Crippen molar-refractivity contribution in [1.29, 1.82) is 0 Å². The van der Waals surface area contributed by atoms with Gasteiger partial charge in [0.25, 0.3) is 0 Å². The predicted octanol–water partition coefficient (Wildman–Crippen LogP) is 2.17. The van der Waals surface area contributed by atoms with Crippen LogP contribution in [0.15, 0.2) is 42.5 Å². The first-order valence-electron chi connectivity index (χ1n) is 9.06. The number of rotatable bonds is 6. The van der Waals surface area contributed by atoms with E-state index in [1.807, 2.05) is 30.3 Å². The van der Waals surface area contributed by atoms with Crippen LogP contribution in [0.3, 0.4) is 0 Å². The average molecular weight is 407 g/mol. The van der Waals surface area contributed by atoms with Crippen LogP contribution in [0.1, 0.15) is 31.0 Å². The number of aromatic hydroxyl groups is 1. The van der Waals surface area contributed by atoms with E-state index in [4.69, 9.17) is 4.74 Å². The normalized spacial score (nSPS) is 20.9. The fourth-order valence-corrected chi connectivity index (χ4v) is 3.91. The number of aliphatic hydroxyl groups is 1. The summed E-state index contributed by atoms with van der Waals surface area (Å²) in [6.45, 7) is 4.15. The molecule has 3 rings (SSSR count). The standard InChI is InChI=1S/C20H26N2O5S/c1-20(2)19(24)18(21-10-9-13-7-5-4-6-8-13)14-11-16(23)15(12-17(14)27-20)22-28(3,25)26/h4-8,11-12,18-19,21-24H,9-10H2,1-3H3. The van der Waals surface area contributed by atoms with Gasteiger partial charge in [0, 0.05) is 11.6 Å². The molecule has 0 saturated heterocycles. The Hall–Kier alpha value is -2.29. The Kier molecular flexibility index (Phi) is 5.56. The highest BCUT2D eigenvalue weighted by molar-refractivity contribution is 7.92. The molecule has 2 aromatic carbocycles. The van der Waals surface area contributed by atoms with Gasteiger partial charge in [-0.25, -0.2) is 8.42 Å². The van der Waals surface area contributed by atoms with E-state index in [0.717, 1.165) is 12.7 Å². The van der Waals surface area contributed by atoms with Crippen molar-refractivity contribution >= 4 is 15.7 Å². The van der Waals surface area contributed by atoms with Crippen LogP contribution in [0.5, 0.6) is 11.5 Å². The van der Waals surface area contributed by atoms with E-state index in [1.165, 1.54) is 17.7 Å².